The van der Waals surface area contributed by atoms with E-state index in [0.29, 0.717) is 5.57 Å². The van der Waals surface area contributed by atoms with E-state index in [1.165, 1.54) is 0 Å². The topological polar surface area (TPSA) is 37.3 Å². The number of benzene rings is 1. The van der Waals surface area contributed by atoms with E-state index < -0.39 is 6.10 Å². The molecule has 0 amide bonds. The third-order valence-electron chi connectivity index (χ3n) is 2.44. The second-order valence-corrected chi connectivity index (χ2v) is 3.53. The second kappa shape index (κ2) is 5.47. The molecule has 1 aromatic carbocycles. The lowest BCUT2D eigenvalue weighted by atomic mass is 10.0. The number of Topliss-reactive ketones (excluding diaryl/α,β-unsaturated/α-hetero) is 1. The van der Waals surface area contributed by atoms with Crippen molar-refractivity contribution >= 4 is 5.78 Å². The van der Waals surface area contributed by atoms with Crippen molar-refractivity contribution in [3.8, 4) is 0 Å². The minimum absolute atomic E-state index is 0.00569. The number of carbonyl (C=O) groups is 1. The van der Waals surface area contributed by atoms with Gasteiger partial charge in [0, 0.05) is 6.42 Å². The molecule has 1 unspecified atom stereocenters. The zero-order valence-corrected chi connectivity index (χ0v) is 9.10. The molecule has 0 aromatic heterocycles. The highest BCUT2D eigenvalue weighted by Gasteiger charge is 2.13. The molecule has 0 fully saturated rings. The molecule has 0 saturated heterocycles. The number of hydrogen-bond donors (Lipinski definition) is 1. The summed E-state index contributed by atoms with van der Waals surface area (Å²) >= 11 is 0. The van der Waals surface area contributed by atoms with Crippen LogP contribution >= 0.6 is 0 Å². The van der Waals surface area contributed by atoms with Crippen LogP contribution < -0.4 is 0 Å². The number of carbonyl (C=O) groups excluding carboxylic acids is 1. The summed E-state index contributed by atoms with van der Waals surface area (Å²) in [5.74, 6) is -0.00569. The first-order valence-corrected chi connectivity index (χ1v) is 5.04. The van der Waals surface area contributed by atoms with Crippen molar-refractivity contribution < 1.29 is 9.90 Å². The molecular weight excluding hydrogens is 188 g/mol. The Labute approximate surface area is 90.3 Å². The van der Waals surface area contributed by atoms with E-state index in [-0.39, 0.29) is 12.2 Å². The molecule has 0 heterocycles. The number of aliphatic hydroxyl groups excluding tert-OH is 1. The number of hydrogen-bond acceptors (Lipinski definition) is 2. The van der Waals surface area contributed by atoms with Gasteiger partial charge in [-0.05, 0) is 25.0 Å². The van der Waals surface area contributed by atoms with Crippen molar-refractivity contribution in [2.75, 3.05) is 0 Å². The first kappa shape index (κ1) is 11.7. The Morgan fingerprint density at radius 3 is 2.53 bits per heavy atom. The van der Waals surface area contributed by atoms with Gasteiger partial charge in [0.25, 0.3) is 0 Å². The third-order valence-corrected chi connectivity index (χ3v) is 2.44. The number of ketones is 1. The van der Waals surface area contributed by atoms with Crippen LogP contribution in [0.25, 0.3) is 0 Å². The summed E-state index contributed by atoms with van der Waals surface area (Å²) in [6.45, 7) is 3.59. The average molecular weight is 204 g/mol. The highest BCUT2D eigenvalue weighted by Crippen LogP contribution is 2.17. The van der Waals surface area contributed by atoms with Gasteiger partial charge in [0.05, 0.1) is 6.10 Å². The molecule has 0 bridgehead atoms. The Kier molecular flexibility index (Phi) is 4.25. The molecule has 0 spiro atoms. The molecule has 0 radical (unpaired) electrons. The molecule has 1 aromatic rings. The van der Waals surface area contributed by atoms with Gasteiger partial charge in [-0.25, -0.2) is 0 Å². The third kappa shape index (κ3) is 3.33. The van der Waals surface area contributed by atoms with Gasteiger partial charge in [-0.3, -0.25) is 4.79 Å². The van der Waals surface area contributed by atoms with Gasteiger partial charge in [-0.15, -0.1) is 0 Å². The molecule has 1 N–H and O–H groups in total. The van der Waals surface area contributed by atoms with Crippen LogP contribution in [0.4, 0.5) is 0 Å². The lowest BCUT2D eigenvalue weighted by Crippen LogP contribution is -2.07. The maximum atomic E-state index is 11.5. The first-order valence-electron chi connectivity index (χ1n) is 5.04. The van der Waals surface area contributed by atoms with E-state index in [1.807, 2.05) is 37.3 Å². The molecule has 2 heteroatoms. The maximum Gasteiger partial charge on any atom is 0.161 e. The molecule has 0 aliphatic heterocycles. The van der Waals surface area contributed by atoms with E-state index in [4.69, 9.17) is 0 Å². The summed E-state index contributed by atoms with van der Waals surface area (Å²) in [7, 11) is 0. The summed E-state index contributed by atoms with van der Waals surface area (Å²) in [5.41, 5.74) is 1.49. The van der Waals surface area contributed by atoms with E-state index in [1.54, 1.807) is 13.0 Å². The summed E-state index contributed by atoms with van der Waals surface area (Å²) in [4.78, 5) is 11.5. The van der Waals surface area contributed by atoms with Crippen molar-refractivity contribution in [2.24, 2.45) is 0 Å². The fourth-order valence-electron chi connectivity index (χ4n) is 1.29. The fraction of sp³-hybridized carbons (Fsp3) is 0.308. The van der Waals surface area contributed by atoms with Crippen LogP contribution in [-0.2, 0) is 4.79 Å². The molecule has 1 rings (SSSR count). The van der Waals surface area contributed by atoms with Gasteiger partial charge in [0.2, 0.25) is 0 Å². The Morgan fingerprint density at radius 2 is 2.00 bits per heavy atom. The first-order chi connectivity index (χ1) is 7.15. The largest absolute Gasteiger partial charge is 0.388 e. The van der Waals surface area contributed by atoms with E-state index in [2.05, 4.69) is 0 Å². The normalized spacial score (nSPS) is 13.7. The number of rotatable bonds is 4. The van der Waals surface area contributed by atoms with Crippen molar-refractivity contribution in [3.63, 3.8) is 0 Å². The summed E-state index contributed by atoms with van der Waals surface area (Å²) in [5, 5.41) is 9.79. The number of aliphatic hydroxyl groups is 1. The zero-order valence-electron chi connectivity index (χ0n) is 9.10. The smallest absolute Gasteiger partial charge is 0.161 e. The van der Waals surface area contributed by atoms with E-state index in [0.717, 1.165) is 5.56 Å². The molecule has 0 aliphatic carbocycles. The molecule has 15 heavy (non-hydrogen) atoms. The van der Waals surface area contributed by atoms with Gasteiger partial charge < -0.3 is 5.11 Å². The van der Waals surface area contributed by atoms with Crippen LogP contribution in [-0.4, -0.2) is 10.9 Å². The minimum atomic E-state index is -0.700. The molecular formula is C13H16O2. The van der Waals surface area contributed by atoms with Crippen LogP contribution in [0.2, 0.25) is 0 Å². The van der Waals surface area contributed by atoms with Crippen LogP contribution in [0.5, 0.6) is 0 Å². The second-order valence-electron chi connectivity index (χ2n) is 3.53. The van der Waals surface area contributed by atoms with Crippen molar-refractivity contribution in [2.45, 2.75) is 26.4 Å². The van der Waals surface area contributed by atoms with Crippen molar-refractivity contribution in [1.82, 2.24) is 0 Å². The molecule has 1 atom stereocenters. The van der Waals surface area contributed by atoms with Crippen molar-refractivity contribution in [3.05, 3.63) is 47.5 Å². The Hall–Kier alpha value is -1.41. The number of allylic oxidation sites excluding steroid dienone is 2. The minimum Gasteiger partial charge on any atom is -0.388 e. The maximum absolute atomic E-state index is 11.5. The predicted molar refractivity (Wildman–Crippen MR) is 60.5 cm³/mol. The Bertz CT molecular complexity index is 352. The van der Waals surface area contributed by atoms with Gasteiger partial charge >= 0.3 is 0 Å². The van der Waals surface area contributed by atoms with Crippen LogP contribution in [0.1, 0.15) is 31.9 Å². The standard InChI is InChI=1S/C13H16O2/c1-3-10(2)12(14)9-13(15)11-7-5-4-6-8-11/h3-8,13,15H,9H2,1-2H3. The van der Waals surface area contributed by atoms with E-state index >= 15 is 0 Å². The lowest BCUT2D eigenvalue weighted by molar-refractivity contribution is -0.117. The molecule has 0 aliphatic rings. The van der Waals surface area contributed by atoms with Gasteiger partial charge in [-0.2, -0.15) is 0 Å². The Balaban J connectivity index is 2.65. The lowest BCUT2D eigenvalue weighted by Gasteiger charge is -2.09. The molecule has 80 valence electrons. The summed E-state index contributed by atoms with van der Waals surface area (Å²) in [6.07, 6.45) is 1.22. The molecule has 2 nitrogen and oxygen atoms in total. The van der Waals surface area contributed by atoms with Gasteiger partial charge in [0.1, 0.15) is 0 Å². The van der Waals surface area contributed by atoms with Gasteiger partial charge in [0.15, 0.2) is 5.78 Å². The van der Waals surface area contributed by atoms with Crippen LogP contribution in [0, 0.1) is 0 Å². The quantitative estimate of drug-likeness (QED) is 0.765. The highest BCUT2D eigenvalue weighted by molar-refractivity contribution is 5.94. The van der Waals surface area contributed by atoms with Crippen LogP contribution in [0.15, 0.2) is 42.0 Å². The fourth-order valence-corrected chi connectivity index (χ4v) is 1.29. The summed E-state index contributed by atoms with van der Waals surface area (Å²) in [6, 6.07) is 9.23. The molecule has 0 saturated carbocycles. The monoisotopic (exact) mass is 204 g/mol. The zero-order chi connectivity index (χ0) is 11.3. The van der Waals surface area contributed by atoms with Crippen molar-refractivity contribution in [1.29, 1.82) is 0 Å². The van der Waals surface area contributed by atoms with Gasteiger partial charge in [-0.1, -0.05) is 36.4 Å². The average Bonchev–Trinajstić information content (AvgIpc) is 2.29. The van der Waals surface area contributed by atoms with E-state index in [9.17, 15) is 9.90 Å². The summed E-state index contributed by atoms with van der Waals surface area (Å²) < 4.78 is 0. The Morgan fingerprint density at radius 1 is 1.40 bits per heavy atom. The highest BCUT2D eigenvalue weighted by atomic mass is 16.3. The predicted octanol–water partition coefficient (Wildman–Crippen LogP) is 2.65. The SMILES string of the molecule is CC=C(C)C(=O)CC(O)c1ccccc1. The van der Waals surface area contributed by atoms with Crippen LogP contribution in [0.3, 0.4) is 0 Å².